The molecular formula is C26H29N3O6. The highest BCUT2D eigenvalue weighted by Crippen LogP contribution is 2.43. The Labute approximate surface area is 203 Å². The van der Waals surface area contributed by atoms with Crippen molar-refractivity contribution in [3.8, 4) is 23.0 Å². The Bertz CT molecular complexity index is 1310. The molecule has 2 amide bonds. The first-order chi connectivity index (χ1) is 16.8. The van der Waals surface area contributed by atoms with Gasteiger partial charge in [-0.3, -0.25) is 9.59 Å². The number of ether oxygens (including phenoxy) is 4. The summed E-state index contributed by atoms with van der Waals surface area (Å²) in [5.41, 5.74) is 2.37. The fourth-order valence-corrected chi connectivity index (χ4v) is 5.41. The van der Waals surface area contributed by atoms with Crippen LogP contribution in [0.4, 0.5) is 0 Å². The number of nitrogens with one attached hydrogen (secondary N) is 1. The molecule has 0 saturated carbocycles. The lowest BCUT2D eigenvalue weighted by molar-refractivity contribution is -0.166. The lowest BCUT2D eigenvalue weighted by Gasteiger charge is -2.49. The summed E-state index contributed by atoms with van der Waals surface area (Å²) in [6.45, 7) is 2.55. The van der Waals surface area contributed by atoms with Crippen LogP contribution in [0.3, 0.4) is 0 Å². The molecule has 2 aliphatic heterocycles. The van der Waals surface area contributed by atoms with Gasteiger partial charge in [-0.15, -0.1) is 0 Å². The van der Waals surface area contributed by atoms with Crippen LogP contribution in [0, 0.1) is 0 Å². The second-order valence-electron chi connectivity index (χ2n) is 8.95. The third-order valence-electron chi connectivity index (χ3n) is 7.15. The highest BCUT2D eigenvalue weighted by atomic mass is 16.5. The van der Waals surface area contributed by atoms with Crippen molar-refractivity contribution in [2.45, 2.75) is 25.4 Å². The molecule has 9 heteroatoms. The van der Waals surface area contributed by atoms with Crippen molar-refractivity contribution in [2.75, 3.05) is 41.5 Å². The fourth-order valence-electron chi connectivity index (χ4n) is 5.41. The van der Waals surface area contributed by atoms with E-state index < -0.39 is 5.54 Å². The number of nitrogens with zero attached hydrogens (tertiary/aromatic N) is 2. The van der Waals surface area contributed by atoms with Crippen LogP contribution in [0.25, 0.3) is 10.9 Å². The van der Waals surface area contributed by atoms with Crippen molar-refractivity contribution in [2.24, 2.45) is 0 Å². The third-order valence-corrected chi connectivity index (χ3v) is 7.15. The van der Waals surface area contributed by atoms with Crippen LogP contribution in [-0.4, -0.2) is 68.1 Å². The van der Waals surface area contributed by atoms with Crippen molar-refractivity contribution in [3.05, 3.63) is 47.2 Å². The predicted octanol–water partition coefficient (Wildman–Crippen LogP) is 2.84. The molecule has 0 aliphatic carbocycles. The number of aromatic amines is 1. The number of carbonyl (C=O) groups excluding carboxylic acids is 2. The van der Waals surface area contributed by atoms with Crippen LogP contribution in [0.1, 0.15) is 23.7 Å². The van der Waals surface area contributed by atoms with Crippen molar-refractivity contribution in [1.82, 2.24) is 14.8 Å². The molecule has 184 valence electrons. The van der Waals surface area contributed by atoms with Gasteiger partial charge in [-0.25, -0.2) is 0 Å². The number of rotatable bonds is 6. The molecule has 0 spiro atoms. The smallest absolute Gasteiger partial charge is 0.255 e. The standard InChI is InChI=1S/C26H29N3O6/c1-26-24-17(18-12-16(32-2)6-7-19(18)27-24)8-9-29(26)22(30)14-28(25(26)31)13-15-10-20(33-3)23(35-5)21(11-15)34-4/h6-7,10-12,27H,8-9,13-14H2,1-5H3/t26-/m0/s1. The molecule has 1 saturated heterocycles. The van der Waals surface area contributed by atoms with Gasteiger partial charge in [0.25, 0.3) is 5.91 Å². The largest absolute Gasteiger partial charge is 0.497 e. The van der Waals surface area contributed by atoms with E-state index in [9.17, 15) is 9.59 Å². The van der Waals surface area contributed by atoms with Gasteiger partial charge in [0.15, 0.2) is 17.0 Å². The summed E-state index contributed by atoms with van der Waals surface area (Å²) in [6, 6.07) is 9.41. The van der Waals surface area contributed by atoms with E-state index in [2.05, 4.69) is 4.98 Å². The monoisotopic (exact) mass is 479 g/mol. The number of benzene rings is 2. The van der Waals surface area contributed by atoms with Gasteiger partial charge in [-0.2, -0.15) is 0 Å². The number of amides is 2. The fraction of sp³-hybridized carbons (Fsp3) is 0.385. The van der Waals surface area contributed by atoms with Gasteiger partial charge in [0.05, 0.1) is 34.1 Å². The first-order valence-corrected chi connectivity index (χ1v) is 11.4. The third kappa shape index (κ3) is 3.37. The number of piperazine rings is 1. The average Bonchev–Trinajstić information content (AvgIpc) is 3.25. The Kier molecular flexibility index (Phi) is 5.50. The van der Waals surface area contributed by atoms with Gasteiger partial charge in [0.1, 0.15) is 12.3 Å². The van der Waals surface area contributed by atoms with Crippen molar-refractivity contribution in [3.63, 3.8) is 0 Å². The minimum Gasteiger partial charge on any atom is -0.497 e. The summed E-state index contributed by atoms with van der Waals surface area (Å²) in [5, 5.41) is 1.02. The van der Waals surface area contributed by atoms with Gasteiger partial charge < -0.3 is 33.7 Å². The van der Waals surface area contributed by atoms with E-state index in [1.54, 1.807) is 50.4 Å². The number of fused-ring (bicyclic) bond motifs is 5. The first-order valence-electron chi connectivity index (χ1n) is 11.4. The quantitative estimate of drug-likeness (QED) is 0.585. The Morgan fingerprint density at radius 1 is 0.971 bits per heavy atom. The molecular weight excluding hydrogens is 450 g/mol. The molecule has 1 fully saturated rings. The van der Waals surface area contributed by atoms with E-state index in [0.29, 0.717) is 30.2 Å². The molecule has 5 rings (SSSR count). The maximum absolute atomic E-state index is 14.0. The van der Waals surface area contributed by atoms with E-state index in [4.69, 9.17) is 18.9 Å². The summed E-state index contributed by atoms with van der Waals surface area (Å²) in [6.07, 6.45) is 0.671. The molecule has 3 aromatic rings. The van der Waals surface area contributed by atoms with Crippen LogP contribution in [0.15, 0.2) is 30.3 Å². The summed E-state index contributed by atoms with van der Waals surface area (Å²) < 4.78 is 21.7. The predicted molar refractivity (Wildman–Crippen MR) is 129 cm³/mol. The number of aromatic nitrogens is 1. The number of H-pyrrole nitrogens is 1. The lowest BCUT2D eigenvalue weighted by atomic mass is 9.83. The Morgan fingerprint density at radius 2 is 1.69 bits per heavy atom. The van der Waals surface area contributed by atoms with Gasteiger partial charge in [0.2, 0.25) is 11.7 Å². The van der Waals surface area contributed by atoms with Crippen LogP contribution < -0.4 is 18.9 Å². The number of hydrogen-bond donors (Lipinski definition) is 1. The summed E-state index contributed by atoms with van der Waals surface area (Å²) in [7, 11) is 6.26. The summed E-state index contributed by atoms with van der Waals surface area (Å²) >= 11 is 0. The van der Waals surface area contributed by atoms with E-state index >= 15 is 0 Å². The highest BCUT2D eigenvalue weighted by Gasteiger charge is 2.54. The lowest BCUT2D eigenvalue weighted by Crippen LogP contribution is -2.66. The number of hydrogen-bond acceptors (Lipinski definition) is 6. The minimum absolute atomic E-state index is 0.00840. The molecule has 1 N–H and O–H groups in total. The van der Waals surface area contributed by atoms with Gasteiger partial charge in [-0.1, -0.05) is 0 Å². The zero-order chi connectivity index (χ0) is 24.9. The molecule has 35 heavy (non-hydrogen) atoms. The van der Waals surface area contributed by atoms with E-state index in [1.807, 2.05) is 25.1 Å². The topological polar surface area (TPSA) is 93.3 Å². The molecule has 0 bridgehead atoms. The Morgan fingerprint density at radius 3 is 2.31 bits per heavy atom. The van der Waals surface area contributed by atoms with Gasteiger partial charge >= 0.3 is 0 Å². The second-order valence-corrected chi connectivity index (χ2v) is 8.95. The van der Waals surface area contributed by atoms with E-state index in [0.717, 1.165) is 33.5 Å². The Hall–Kier alpha value is -3.88. The van der Waals surface area contributed by atoms with Crippen molar-refractivity contribution in [1.29, 1.82) is 0 Å². The molecule has 9 nitrogen and oxygen atoms in total. The van der Waals surface area contributed by atoms with E-state index in [-0.39, 0.29) is 24.9 Å². The SMILES string of the molecule is COc1ccc2[nH]c3c(c2c1)CCN1C(=O)CN(Cc2cc(OC)c(OC)c(OC)c2)C(=O)[C@]31C. The van der Waals surface area contributed by atoms with Gasteiger partial charge in [0, 0.05) is 24.0 Å². The summed E-state index contributed by atoms with van der Waals surface area (Å²) in [5.74, 6) is 2.00. The highest BCUT2D eigenvalue weighted by molar-refractivity contribution is 6.00. The maximum Gasteiger partial charge on any atom is 0.255 e. The molecule has 2 aliphatic rings. The van der Waals surface area contributed by atoms with Crippen LogP contribution >= 0.6 is 0 Å². The molecule has 0 unspecified atom stereocenters. The molecule has 1 atom stereocenters. The zero-order valence-electron chi connectivity index (χ0n) is 20.6. The van der Waals surface area contributed by atoms with Crippen molar-refractivity contribution >= 4 is 22.7 Å². The number of methoxy groups -OCH3 is 4. The first kappa shape index (κ1) is 22.9. The number of carbonyl (C=O) groups is 2. The second kappa shape index (κ2) is 8.41. The van der Waals surface area contributed by atoms with Crippen LogP contribution in [-0.2, 0) is 28.1 Å². The molecule has 3 heterocycles. The van der Waals surface area contributed by atoms with Crippen molar-refractivity contribution < 1.29 is 28.5 Å². The molecule has 2 aromatic carbocycles. The van der Waals surface area contributed by atoms with Crippen LogP contribution in [0.5, 0.6) is 23.0 Å². The van der Waals surface area contributed by atoms with Crippen LogP contribution in [0.2, 0.25) is 0 Å². The molecule has 1 aromatic heterocycles. The minimum atomic E-state index is -1.13. The van der Waals surface area contributed by atoms with E-state index in [1.165, 1.54) is 0 Å². The normalized spacial score (nSPS) is 19.5. The summed E-state index contributed by atoms with van der Waals surface area (Å²) in [4.78, 5) is 34.0. The maximum atomic E-state index is 14.0. The zero-order valence-corrected chi connectivity index (χ0v) is 20.6. The average molecular weight is 480 g/mol. The van der Waals surface area contributed by atoms with Gasteiger partial charge in [-0.05, 0) is 54.8 Å². The molecule has 0 radical (unpaired) electrons. The Balaban J connectivity index is 1.55.